The second-order valence-corrected chi connectivity index (χ2v) is 10.1. The largest absolute Gasteiger partial charge is 0.462 e. The molecule has 0 spiro atoms. The van der Waals surface area contributed by atoms with Crippen molar-refractivity contribution < 1.29 is 24.0 Å². The summed E-state index contributed by atoms with van der Waals surface area (Å²) in [4.78, 5) is 48.3. The number of rotatable bonds is 13. The summed E-state index contributed by atoms with van der Waals surface area (Å²) in [5.41, 5.74) is 0.807. The Kier molecular flexibility index (Phi) is 10.8. The first kappa shape index (κ1) is 30.3. The third-order valence-electron chi connectivity index (χ3n) is 5.76. The van der Waals surface area contributed by atoms with E-state index in [1.807, 2.05) is 32.3 Å². The van der Waals surface area contributed by atoms with Gasteiger partial charge in [0.15, 0.2) is 11.0 Å². The quantitative estimate of drug-likeness (QED) is 0.130. The van der Waals surface area contributed by atoms with E-state index in [9.17, 15) is 24.5 Å². The molecule has 0 aliphatic carbocycles. The van der Waals surface area contributed by atoms with Crippen LogP contribution in [0.15, 0.2) is 53.7 Å². The van der Waals surface area contributed by atoms with Crippen molar-refractivity contribution in [1.82, 2.24) is 20.1 Å². The summed E-state index contributed by atoms with van der Waals surface area (Å²) in [5.74, 6) is -0.743. The second kappa shape index (κ2) is 14.2. The minimum absolute atomic E-state index is 0.0367. The number of carbonyl (C=O) groups excluding carboxylic acids is 3. The van der Waals surface area contributed by atoms with E-state index in [2.05, 4.69) is 20.8 Å². The summed E-state index contributed by atoms with van der Waals surface area (Å²) in [6.07, 6.45) is 0.714. The summed E-state index contributed by atoms with van der Waals surface area (Å²) >= 11 is 1.19. The van der Waals surface area contributed by atoms with Gasteiger partial charge in [0.1, 0.15) is 0 Å². The third kappa shape index (κ3) is 7.88. The lowest BCUT2D eigenvalue weighted by atomic mass is 10.0. The molecule has 12 nitrogen and oxygen atoms in total. The maximum atomic E-state index is 12.9. The molecular formula is C27H32N6O6S. The summed E-state index contributed by atoms with van der Waals surface area (Å²) in [6, 6.07) is 11.5. The Morgan fingerprint density at radius 2 is 1.80 bits per heavy atom. The van der Waals surface area contributed by atoms with Crippen LogP contribution in [0.1, 0.15) is 66.7 Å². The number of amides is 2. The number of nitro groups is 1. The number of carbonyl (C=O) groups is 3. The number of thioether (sulfide) groups is 1. The normalized spacial score (nSPS) is 11.6. The molecule has 0 saturated carbocycles. The van der Waals surface area contributed by atoms with Crippen LogP contribution < -0.4 is 10.6 Å². The standard InChI is InChI=1S/C27H32N6O6S/c1-5-13-39-26(36)19-10-7-11-20(14-19)28-22(34)16-40-27-31-30-24(32(27)6-2)23(17(3)4)29-25(35)18-9-8-12-21(15-18)33(37)38/h7-12,14-15,17,23H,5-6,13,16H2,1-4H3,(H,28,34)(H,29,35)/t23-/m1/s1. The molecule has 40 heavy (non-hydrogen) atoms. The van der Waals surface area contributed by atoms with Gasteiger partial charge in [-0.05, 0) is 43.5 Å². The Bertz CT molecular complexity index is 1380. The Balaban J connectivity index is 1.68. The summed E-state index contributed by atoms with van der Waals surface area (Å²) in [7, 11) is 0. The van der Waals surface area contributed by atoms with Gasteiger partial charge in [-0.15, -0.1) is 10.2 Å². The van der Waals surface area contributed by atoms with Crippen LogP contribution in [0.5, 0.6) is 0 Å². The highest BCUT2D eigenvalue weighted by Gasteiger charge is 2.27. The highest BCUT2D eigenvalue weighted by molar-refractivity contribution is 7.99. The van der Waals surface area contributed by atoms with Crippen LogP contribution in [-0.4, -0.2) is 49.8 Å². The van der Waals surface area contributed by atoms with Crippen LogP contribution in [0, 0.1) is 16.0 Å². The number of nitro benzene ring substituents is 1. The molecule has 13 heteroatoms. The van der Waals surface area contributed by atoms with Gasteiger partial charge in [-0.25, -0.2) is 4.79 Å². The minimum atomic E-state index is -0.553. The number of hydrogen-bond donors (Lipinski definition) is 2. The van der Waals surface area contributed by atoms with Gasteiger partial charge in [0.25, 0.3) is 11.6 Å². The highest BCUT2D eigenvalue weighted by atomic mass is 32.2. The Morgan fingerprint density at radius 3 is 2.48 bits per heavy atom. The van der Waals surface area contributed by atoms with Gasteiger partial charge in [-0.3, -0.25) is 19.7 Å². The molecule has 3 rings (SSSR count). The van der Waals surface area contributed by atoms with Gasteiger partial charge in [0.05, 0.1) is 28.9 Å². The number of non-ortho nitro benzene ring substituents is 1. The molecule has 2 aromatic carbocycles. The Morgan fingerprint density at radius 1 is 1.07 bits per heavy atom. The number of nitrogens with zero attached hydrogens (tertiary/aromatic N) is 4. The SMILES string of the molecule is CCCOC(=O)c1cccc(NC(=O)CSc2nnc([C@H](NC(=O)c3cccc([N+](=O)[O-])c3)C(C)C)n2CC)c1. The van der Waals surface area contributed by atoms with Gasteiger partial charge in [-0.2, -0.15) is 0 Å². The molecule has 0 unspecified atom stereocenters. The van der Waals surface area contributed by atoms with Gasteiger partial charge in [0.2, 0.25) is 5.91 Å². The van der Waals surface area contributed by atoms with Gasteiger partial charge in [0, 0.05) is 29.9 Å². The van der Waals surface area contributed by atoms with E-state index in [-0.39, 0.29) is 28.8 Å². The lowest BCUT2D eigenvalue weighted by molar-refractivity contribution is -0.384. The number of hydrogen-bond acceptors (Lipinski definition) is 9. The maximum Gasteiger partial charge on any atom is 0.338 e. The molecule has 1 atom stereocenters. The van der Waals surface area contributed by atoms with Gasteiger partial charge < -0.3 is 19.9 Å². The zero-order valence-corrected chi connectivity index (χ0v) is 23.6. The van der Waals surface area contributed by atoms with E-state index in [0.717, 1.165) is 0 Å². The van der Waals surface area contributed by atoms with Crippen molar-refractivity contribution in [3.63, 3.8) is 0 Å². The van der Waals surface area contributed by atoms with Crippen molar-refractivity contribution in [1.29, 1.82) is 0 Å². The van der Waals surface area contributed by atoms with Crippen molar-refractivity contribution in [3.8, 4) is 0 Å². The average molecular weight is 569 g/mol. The molecule has 2 N–H and O–H groups in total. The summed E-state index contributed by atoms with van der Waals surface area (Å²) < 4.78 is 6.96. The van der Waals surface area contributed by atoms with Gasteiger partial charge in [-0.1, -0.05) is 44.7 Å². The third-order valence-corrected chi connectivity index (χ3v) is 6.73. The smallest absolute Gasteiger partial charge is 0.338 e. The molecular weight excluding hydrogens is 536 g/mol. The number of esters is 1. The number of nitrogens with one attached hydrogen (secondary N) is 2. The fraction of sp³-hybridized carbons (Fsp3) is 0.370. The predicted octanol–water partition coefficient (Wildman–Crippen LogP) is 4.63. The zero-order chi connectivity index (χ0) is 29.2. The molecule has 0 bridgehead atoms. The lowest BCUT2D eigenvalue weighted by Gasteiger charge is -2.22. The topological polar surface area (TPSA) is 158 Å². The van der Waals surface area contributed by atoms with Crippen molar-refractivity contribution in [2.45, 2.75) is 51.9 Å². The van der Waals surface area contributed by atoms with E-state index in [1.54, 1.807) is 24.3 Å². The Labute approximate surface area is 236 Å². The van der Waals surface area contributed by atoms with Crippen LogP contribution in [0.2, 0.25) is 0 Å². The molecule has 0 aliphatic heterocycles. The predicted molar refractivity (Wildman–Crippen MR) is 150 cm³/mol. The monoisotopic (exact) mass is 568 g/mol. The van der Waals surface area contributed by atoms with Crippen molar-refractivity contribution in [3.05, 3.63) is 75.6 Å². The fourth-order valence-corrected chi connectivity index (χ4v) is 4.59. The number of anilines is 1. The zero-order valence-electron chi connectivity index (χ0n) is 22.7. The first-order chi connectivity index (χ1) is 19.1. The first-order valence-corrected chi connectivity index (χ1v) is 13.8. The van der Waals surface area contributed by atoms with E-state index >= 15 is 0 Å². The van der Waals surface area contributed by atoms with E-state index in [1.165, 1.54) is 36.0 Å². The van der Waals surface area contributed by atoms with E-state index in [4.69, 9.17) is 4.74 Å². The van der Waals surface area contributed by atoms with Crippen LogP contribution in [0.4, 0.5) is 11.4 Å². The summed E-state index contributed by atoms with van der Waals surface area (Å²) in [6.45, 7) is 8.45. The fourth-order valence-electron chi connectivity index (χ4n) is 3.78. The molecule has 2 amide bonds. The van der Waals surface area contributed by atoms with Crippen molar-refractivity contribution in [2.75, 3.05) is 17.7 Å². The van der Waals surface area contributed by atoms with Crippen LogP contribution in [0.25, 0.3) is 0 Å². The molecule has 0 aliphatic rings. The average Bonchev–Trinajstić information content (AvgIpc) is 3.35. The van der Waals surface area contributed by atoms with Crippen LogP contribution >= 0.6 is 11.8 Å². The number of ether oxygens (including phenoxy) is 1. The molecule has 212 valence electrons. The summed E-state index contributed by atoms with van der Waals surface area (Å²) in [5, 5.41) is 25.8. The lowest BCUT2D eigenvalue weighted by Crippen LogP contribution is -2.33. The van der Waals surface area contributed by atoms with Crippen molar-refractivity contribution in [2.24, 2.45) is 5.92 Å². The van der Waals surface area contributed by atoms with Gasteiger partial charge >= 0.3 is 5.97 Å². The first-order valence-electron chi connectivity index (χ1n) is 12.8. The number of aromatic nitrogens is 3. The van der Waals surface area contributed by atoms with Crippen LogP contribution in [-0.2, 0) is 16.1 Å². The van der Waals surface area contributed by atoms with E-state index < -0.39 is 22.8 Å². The molecule has 0 fully saturated rings. The molecule has 1 heterocycles. The molecule has 1 aromatic heterocycles. The van der Waals surface area contributed by atoms with Crippen LogP contribution in [0.3, 0.4) is 0 Å². The molecule has 3 aromatic rings. The Hall–Kier alpha value is -4.26. The maximum absolute atomic E-state index is 12.9. The second-order valence-electron chi connectivity index (χ2n) is 9.14. The molecule has 0 radical (unpaired) electrons. The number of benzene rings is 2. The molecule has 0 saturated heterocycles. The van der Waals surface area contributed by atoms with Crippen molar-refractivity contribution >= 4 is 40.9 Å². The minimum Gasteiger partial charge on any atom is -0.462 e. The van der Waals surface area contributed by atoms with E-state index in [0.29, 0.717) is 41.8 Å². The highest BCUT2D eigenvalue weighted by Crippen LogP contribution is 2.26.